The van der Waals surface area contributed by atoms with Crippen LogP contribution in [-0.4, -0.2) is 11.9 Å². The van der Waals surface area contributed by atoms with E-state index in [-0.39, 0.29) is 18.9 Å². The van der Waals surface area contributed by atoms with Gasteiger partial charge < -0.3 is 14.5 Å². The lowest BCUT2D eigenvalue weighted by atomic mass is 10.0. The van der Waals surface area contributed by atoms with E-state index in [1.54, 1.807) is 0 Å². The van der Waals surface area contributed by atoms with Crippen LogP contribution in [0.15, 0.2) is 57.7 Å². The molecule has 29 heavy (non-hydrogen) atoms. The zero-order valence-corrected chi connectivity index (χ0v) is 16.7. The van der Waals surface area contributed by atoms with Crippen molar-refractivity contribution in [2.75, 3.05) is 0 Å². The maximum Gasteiger partial charge on any atom is 0.336 e. The Balaban J connectivity index is 1.77. The number of fused-ring (bicyclic) bond motifs is 1. The molecule has 1 aromatic heterocycles. The van der Waals surface area contributed by atoms with E-state index < -0.39 is 17.6 Å². The summed E-state index contributed by atoms with van der Waals surface area (Å²) >= 11 is 0. The van der Waals surface area contributed by atoms with Crippen molar-refractivity contribution in [2.45, 2.75) is 39.8 Å². The number of rotatable bonds is 6. The molecule has 6 nitrogen and oxygen atoms in total. The summed E-state index contributed by atoms with van der Waals surface area (Å²) in [4.78, 5) is 35.9. The molecule has 0 saturated carbocycles. The maximum absolute atomic E-state index is 12.4. The molecule has 1 atom stereocenters. The van der Waals surface area contributed by atoms with E-state index in [4.69, 9.17) is 9.15 Å². The molecule has 0 bridgehead atoms. The topological polar surface area (TPSA) is 85.6 Å². The second-order valence-electron chi connectivity index (χ2n) is 7.00. The highest BCUT2D eigenvalue weighted by atomic mass is 16.5. The zero-order chi connectivity index (χ0) is 21.0. The third kappa shape index (κ3) is 4.90. The van der Waals surface area contributed by atoms with Crippen LogP contribution in [0.4, 0.5) is 0 Å². The molecular formula is C23H23NO5. The van der Waals surface area contributed by atoms with E-state index >= 15 is 0 Å². The minimum absolute atomic E-state index is 0.0128. The predicted octanol–water partition coefficient (Wildman–Crippen LogP) is 3.72. The first kappa shape index (κ1) is 20.3. The molecule has 1 heterocycles. The first-order valence-electron chi connectivity index (χ1n) is 9.35. The zero-order valence-electron chi connectivity index (χ0n) is 16.7. The Kier molecular flexibility index (Phi) is 6.12. The Morgan fingerprint density at radius 3 is 2.52 bits per heavy atom. The van der Waals surface area contributed by atoms with Gasteiger partial charge in [-0.2, -0.15) is 0 Å². The number of benzene rings is 2. The molecule has 0 saturated heterocycles. The second-order valence-corrected chi connectivity index (χ2v) is 7.00. The fourth-order valence-electron chi connectivity index (χ4n) is 3.21. The summed E-state index contributed by atoms with van der Waals surface area (Å²) in [7, 11) is 0. The average Bonchev–Trinajstić information content (AvgIpc) is 2.69. The number of esters is 1. The van der Waals surface area contributed by atoms with E-state index in [0.29, 0.717) is 11.1 Å². The molecule has 0 spiro atoms. The molecule has 0 fully saturated rings. The van der Waals surface area contributed by atoms with E-state index in [2.05, 4.69) is 5.32 Å². The highest BCUT2D eigenvalue weighted by molar-refractivity contribution is 5.84. The molecule has 0 aliphatic rings. The summed E-state index contributed by atoms with van der Waals surface area (Å²) in [5, 5.41) is 3.51. The number of hydrogen-bond donors (Lipinski definition) is 1. The van der Waals surface area contributed by atoms with Gasteiger partial charge in [-0.25, -0.2) is 4.79 Å². The number of carbonyl (C=O) groups is 2. The fraction of sp³-hybridized carbons (Fsp3) is 0.261. The van der Waals surface area contributed by atoms with Crippen LogP contribution in [0.2, 0.25) is 0 Å². The SMILES string of the molecule is CC(=O)N[C@H](CC(=O)OCc1cc(=O)oc2c(C)c(C)ccc12)c1ccccc1. The Labute approximate surface area is 168 Å². The fourth-order valence-corrected chi connectivity index (χ4v) is 3.21. The van der Waals surface area contributed by atoms with Gasteiger partial charge in [-0.1, -0.05) is 42.5 Å². The van der Waals surface area contributed by atoms with Crippen molar-refractivity contribution in [2.24, 2.45) is 0 Å². The van der Waals surface area contributed by atoms with Gasteiger partial charge in [-0.15, -0.1) is 0 Å². The van der Waals surface area contributed by atoms with Gasteiger partial charge in [-0.05, 0) is 30.5 Å². The molecule has 6 heteroatoms. The number of amides is 1. The van der Waals surface area contributed by atoms with Gasteiger partial charge in [-0.3, -0.25) is 9.59 Å². The van der Waals surface area contributed by atoms with Crippen LogP contribution in [0.1, 0.15) is 41.6 Å². The average molecular weight is 393 g/mol. The maximum atomic E-state index is 12.4. The van der Waals surface area contributed by atoms with Crippen molar-refractivity contribution < 1.29 is 18.7 Å². The van der Waals surface area contributed by atoms with Crippen LogP contribution in [0.3, 0.4) is 0 Å². The minimum Gasteiger partial charge on any atom is -0.461 e. The molecule has 3 rings (SSSR count). The Bertz CT molecular complexity index is 1100. The Morgan fingerprint density at radius 1 is 1.10 bits per heavy atom. The van der Waals surface area contributed by atoms with Crippen molar-refractivity contribution in [1.29, 1.82) is 0 Å². The van der Waals surface area contributed by atoms with Gasteiger partial charge in [0.25, 0.3) is 0 Å². The van der Waals surface area contributed by atoms with Gasteiger partial charge in [0.15, 0.2) is 0 Å². The van der Waals surface area contributed by atoms with Gasteiger partial charge >= 0.3 is 11.6 Å². The van der Waals surface area contributed by atoms with Crippen molar-refractivity contribution in [3.63, 3.8) is 0 Å². The van der Waals surface area contributed by atoms with E-state index in [9.17, 15) is 14.4 Å². The highest BCUT2D eigenvalue weighted by Gasteiger charge is 2.19. The molecule has 1 amide bonds. The monoisotopic (exact) mass is 393 g/mol. The van der Waals surface area contributed by atoms with E-state index in [1.165, 1.54) is 13.0 Å². The second kappa shape index (κ2) is 8.73. The summed E-state index contributed by atoms with van der Waals surface area (Å²) in [6, 6.07) is 13.9. The van der Waals surface area contributed by atoms with Crippen LogP contribution >= 0.6 is 0 Å². The summed E-state index contributed by atoms with van der Waals surface area (Å²) < 4.78 is 10.8. The summed E-state index contributed by atoms with van der Waals surface area (Å²) in [6.45, 7) is 5.17. The lowest BCUT2D eigenvalue weighted by Gasteiger charge is -2.18. The van der Waals surface area contributed by atoms with Crippen molar-refractivity contribution >= 4 is 22.8 Å². The van der Waals surface area contributed by atoms with Crippen LogP contribution in [0, 0.1) is 13.8 Å². The lowest BCUT2D eigenvalue weighted by Crippen LogP contribution is -2.28. The van der Waals surface area contributed by atoms with Crippen molar-refractivity contribution in [3.8, 4) is 0 Å². The van der Waals surface area contributed by atoms with Gasteiger partial charge in [0, 0.05) is 23.9 Å². The van der Waals surface area contributed by atoms with Crippen molar-refractivity contribution in [3.05, 3.63) is 81.2 Å². The quantitative estimate of drug-likeness (QED) is 0.510. The van der Waals surface area contributed by atoms with Gasteiger partial charge in [0.2, 0.25) is 5.91 Å². The van der Waals surface area contributed by atoms with Gasteiger partial charge in [0.05, 0.1) is 12.5 Å². The first-order chi connectivity index (χ1) is 13.8. The largest absolute Gasteiger partial charge is 0.461 e. The standard InChI is InChI=1S/C23H23NO5/c1-14-9-10-19-18(11-22(27)29-23(19)15(14)2)13-28-21(26)12-20(24-16(3)25)17-7-5-4-6-8-17/h4-11,20H,12-13H2,1-3H3,(H,24,25)/t20-/m1/s1. The number of aryl methyl sites for hydroxylation is 2. The predicted molar refractivity (Wildman–Crippen MR) is 109 cm³/mol. The van der Waals surface area contributed by atoms with Crippen LogP contribution in [-0.2, 0) is 20.9 Å². The molecule has 150 valence electrons. The van der Waals surface area contributed by atoms with E-state index in [0.717, 1.165) is 22.1 Å². The molecule has 0 aliphatic carbocycles. The Hall–Kier alpha value is -3.41. The smallest absolute Gasteiger partial charge is 0.336 e. The third-order valence-corrected chi connectivity index (χ3v) is 4.86. The minimum atomic E-state index is -0.488. The number of carbonyl (C=O) groups excluding carboxylic acids is 2. The Morgan fingerprint density at radius 2 is 1.83 bits per heavy atom. The summed E-state index contributed by atoms with van der Waals surface area (Å²) in [5.41, 5.74) is 3.31. The van der Waals surface area contributed by atoms with Gasteiger partial charge in [0.1, 0.15) is 12.2 Å². The number of nitrogens with one attached hydrogen (secondary N) is 1. The highest BCUT2D eigenvalue weighted by Crippen LogP contribution is 2.24. The molecule has 3 aromatic rings. The molecular weight excluding hydrogens is 370 g/mol. The lowest BCUT2D eigenvalue weighted by molar-refractivity contribution is -0.145. The first-order valence-corrected chi connectivity index (χ1v) is 9.35. The molecule has 2 aromatic carbocycles. The number of hydrogen-bond acceptors (Lipinski definition) is 5. The molecule has 0 unspecified atom stereocenters. The molecule has 0 aliphatic heterocycles. The van der Waals surface area contributed by atoms with Crippen LogP contribution in [0.25, 0.3) is 11.0 Å². The number of ether oxygens (including phenoxy) is 1. The van der Waals surface area contributed by atoms with Crippen LogP contribution < -0.4 is 10.9 Å². The summed E-state index contributed by atoms with van der Waals surface area (Å²) in [5.74, 6) is -0.706. The van der Waals surface area contributed by atoms with Crippen molar-refractivity contribution in [1.82, 2.24) is 5.32 Å². The summed E-state index contributed by atoms with van der Waals surface area (Å²) in [6.07, 6.45) is -0.0128. The third-order valence-electron chi connectivity index (χ3n) is 4.86. The molecule has 0 radical (unpaired) electrons. The molecule has 1 N–H and O–H groups in total. The van der Waals surface area contributed by atoms with E-state index in [1.807, 2.05) is 56.3 Å². The van der Waals surface area contributed by atoms with Crippen LogP contribution in [0.5, 0.6) is 0 Å². The normalized spacial score (nSPS) is 11.8.